The van der Waals surface area contributed by atoms with E-state index in [0.717, 1.165) is 11.6 Å². The molecule has 1 aromatic heterocycles. The molecule has 0 saturated heterocycles. The molecule has 0 bridgehead atoms. The Hall–Kier alpha value is -3.59. The number of imidazole rings is 1. The third-order valence-electron chi connectivity index (χ3n) is 5.24. The summed E-state index contributed by atoms with van der Waals surface area (Å²) in [6.07, 6.45) is 0. The summed E-state index contributed by atoms with van der Waals surface area (Å²) in [6, 6.07) is 17.9. The van der Waals surface area contributed by atoms with Crippen LogP contribution in [0.5, 0.6) is 11.5 Å². The van der Waals surface area contributed by atoms with Gasteiger partial charge in [0.05, 0.1) is 21.4 Å². The number of benzene rings is 4. The molecule has 0 aliphatic heterocycles. The number of aromatic hydroxyl groups is 2. The van der Waals surface area contributed by atoms with E-state index in [2.05, 4.69) is 9.97 Å². The summed E-state index contributed by atoms with van der Waals surface area (Å²) in [5, 5.41) is 22.7. The summed E-state index contributed by atoms with van der Waals surface area (Å²) in [4.78, 5) is 7.28. The van der Waals surface area contributed by atoms with Gasteiger partial charge in [-0.3, -0.25) is 4.55 Å². The zero-order valence-electron chi connectivity index (χ0n) is 16.2. The zero-order valence-corrected chi connectivity index (χ0v) is 17.8. The second-order valence-electron chi connectivity index (χ2n) is 7.27. The van der Waals surface area contributed by atoms with Crippen LogP contribution in [0, 0.1) is 0 Å². The predicted octanol–water partition coefficient (Wildman–Crippen LogP) is 5.36. The number of nitrogens with one attached hydrogen (secondary N) is 1. The van der Waals surface area contributed by atoms with Crippen molar-refractivity contribution in [2.24, 2.45) is 0 Å². The highest BCUT2D eigenvalue weighted by molar-refractivity contribution is 7.85. The van der Waals surface area contributed by atoms with E-state index in [1.807, 2.05) is 6.07 Å². The average molecular weight is 467 g/mol. The quantitative estimate of drug-likeness (QED) is 0.265. The smallest absolute Gasteiger partial charge is 0.294 e. The van der Waals surface area contributed by atoms with Crippen molar-refractivity contribution < 1.29 is 23.2 Å². The molecule has 0 radical (unpaired) electrons. The number of hydrogen-bond donors (Lipinski definition) is 4. The van der Waals surface area contributed by atoms with Crippen LogP contribution < -0.4 is 0 Å². The van der Waals surface area contributed by atoms with Gasteiger partial charge in [0.15, 0.2) is 0 Å². The second kappa shape index (κ2) is 7.23. The van der Waals surface area contributed by atoms with E-state index in [0.29, 0.717) is 43.8 Å². The maximum absolute atomic E-state index is 11.5. The van der Waals surface area contributed by atoms with Gasteiger partial charge in [-0.15, -0.1) is 0 Å². The number of fused-ring (bicyclic) bond motifs is 3. The zero-order chi connectivity index (χ0) is 22.6. The molecule has 5 aromatic rings. The van der Waals surface area contributed by atoms with E-state index in [9.17, 15) is 23.2 Å². The Labute approximate surface area is 187 Å². The number of aromatic amines is 1. The Bertz CT molecular complexity index is 1640. The monoisotopic (exact) mass is 466 g/mol. The third kappa shape index (κ3) is 3.34. The minimum atomic E-state index is -4.48. The van der Waals surface area contributed by atoms with Gasteiger partial charge in [-0.1, -0.05) is 41.9 Å². The van der Waals surface area contributed by atoms with Crippen LogP contribution in [-0.2, 0) is 10.1 Å². The number of phenols is 2. The first-order chi connectivity index (χ1) is 15.2. The molecule has 4 N–H and O–H groups in total. The predicted molar refractivity (Wildman–Crippen MR) is 123 cm³/mol. The van der Waals surface area contributed by atoms with Gasteiger partial charge >= 0.3 is 0 Å². The molecule has 4 aromatic carbocycles. The highest BCUT2D eigenvalue weighted by Crippen LogP contribution is 2.40. The van der Waals surface area contributed by atoms with Crippen molar-refractivity contribution in [2.45, 2.75) is 4.90 Å². The minimum absolute atomic E-state index is 0.0102. The maximum Gasteiger partial charge on any atom is 0.294 e. The molecule has 0 aliphatic rings. The van der Waals surface area contributed by atoms with E-state index in [4.69, 9.17) is 11.6 Å². The van der Waals surface area contributed by atoms with Crippen molar-refractivity contribution in [1.82, 2.24) is 9.97 Å². The van der Waals surface area contributed by atoms with Crippen molar-refractivity contribution in [1.29, 1.82) is 0 Å². The van der Waals surface area contributed by atoms with E-state index < -0.39 is 15.0 Å². The molecular weight excluding hydrogens is 452 g/mol. The van der Waals surface area contributed by atoms with Gasteiger partial charge in [0.2, 0.25) is 0 Å². The first-order valence-corrected chi connectivity index (χ1v) is 11.3. The number of hydrogen-bond acceptors (Lipinski definition) is 5. The van der Waals surface area contributed by atoms with Gasteiger partial charge in [0.25, 0.3) is 10.1 Å². The molecule has 0 saturated carbocycles. The third-order valence-corrected chi connectivity index (χ3v) is 6.31. The first kappa shape index (κ1) is 20.3. The van der Waals surface area contributed by atoms with Crippen molar-refractivity contribution in [3.8, 4) is 34.0 Å². The number of halogens is 1. The largest absolute Gasteiger partial charge is 0.507 e. The van der Waals surface area contributed by atoms with E-state index in [-0.39, 0.29) is 11.5 Å². The van der Waals surface area contributed by atoms with Gasteiger partial charge in [-0.2, -0.15) is 8.42 Å². The molecule has 0 unspecified atom stereocenters. The van der Waals surface area contributed by atoms with Gasteiger partial charge in [0.1, 0.15) is 22.8 Å². The van der Waals surface area contributed by atoms with Crippen LogP contribution in [0.15, 0.2) is 71.6 Å². The number of para-hydroxylation sites is 1. The lowest BCUT2D eigenvalue weighted by Crippen LogP contribution is -1.97. The van der Waals surface area contributed by atoms with Crippen molar-refractivity contribution in [2.75, 3.05) is 0 Å². The maximum atomic E-state index is 11.5. The van der Waals surface area contributed by atoms with Crippen LogP contribution in [0.3, 0.4) is 0 Å². The van der Waals surface area contributed by atoms with Crippen LogP contribution in [0.4, 0.5) is 0 Å². The molecule has 5 rings (SSSR count). The lowest BCUT2D eigenvalue weighted by molar-refractivity contribution is 0.471. The lowest BCUT2D eigenvalue weighted by Gasteiger charge is -2.09. The summed E-state index contributed by atoms with van der Waals surface area (Å²) in [5.74, 6) is 0.0406. The molecule has 0 fully saturated rings. The Balaban J connectivity index is 1.71. The SMILES string of the molecule is O=S(=O)(O)c1cc(O)c2c(ccc3[nH]c(-c4cccc(-c5cccc(Cl)c5)c4O)nc32)c1. The van der Waals surface area contributed by atoms with Crippen molar-refractivity contribution in [3.05, 3.63) is 71.8 Å². The number of rotatable bonds is 3. The van der Waals surface area contributed by atoms with Crippen LogP contribution >= 0.6 is 11.6 Å². The van der Waals surface area contributed by atoms with E-state index in [1.165, 1.54) is 6.07 Å². The fraction of sp³-hybridized carbons (Fsp3) is 0. The Morgan fingerprint density at radius 2 is 1.66 bits per heavy atom. The molecule has 32 heavy (non-hydrogen) atoms. The van der Waals surface area contributed by atoms with Gasteiger partial charge < -0.3 is 15.2 Å². The Morgan fingerprint density at radius 1 is 0.906 bits per heavy atom. The second-order valence-corrected chi connectivity index (χ2v) is 9.13. The highest BCUT2D eigenvalue weighted by atomic mass is 35.5. The Kier molecular flexibility index (Phi) is 4.59. The van der Waals surface area contributed by atoms with Gasteiger partial charge in [0, 0.05) is 16.7 Å². The lowest BCUT2D eigenvalue weighted by atomic mass is 10.0. The molecular formula is C23H15ClN2O5S. The molecule has 0 spiro atoms. The molecule has 9 heteroatoms. The summed E-state index contributed by atoms with van der Waals surface area (Å²) < 4.78 is 32.3. The highest BCUT2D eigenvalue weighted by Gasteiger charge is 2.19. The summed E-state index contributed by atoms with van der Waals surface area (Å²) in [6.45, 7) is 0. The normalized spacial score (nSPS) is 11.9. The summed E-state index contributed by atoms with van der Waals surface area (Å²) in [5.41, 5.74) is 2.74. The van der Waals surface area contributed by atoms with Crippen LogP contribution in [0.25, 0.3) is 44.3 Å². The number of phenolic OH excluding ortho intramolecular Hbond substituents is 2. The molecule has 1 heterocycles. The molecule has 160 valence electrons. The minimum Gasteiger partial charge on any atom is -0.507 e. The number of H-pyrrole nitrogens is 1. The number of aromatic nitrogens is 2. The Morgan fingerprint density at radius 3 is 2.41 bits per heavy atom. The van der Waals surface area contributed by atoms with Crippen LogP contribution in [0.2, 0.25) is 5.02 Å². The van der Waals surface area contributed by atoms with Crippen molar-refractivity contribution in [3.63, 3.8) is 0 Å². The standard InChI is InChI=1S/C23H15ClN2O5S/c24-14-4-1-3-12(9-14)16-5-2-6-17(22(16)28)23-25-18-8-7-13-10-15(32(29,30)31)11-19(27)20(13)21(18)26-23/h1-11,27-28H,(H,25,26)(H,29,30,31). The van der Waals surface area contributed by atoms with Crippen LogP contribution in [-0.4, -0.2) is 33.2 Å². The average Bonchev–Trinajstić information content (AvgIpc) is 3.17. The van der Waals surface area contributed by atoms with E-state index in [1.54, 1.807) is 48.5 Å². The van der Waals surface area contributed by atoms with Crippen molar-refractivity contribution >= 4 is 43.5 Å². The van der Waals surface area contributed by atoms with E-state index >= 15 is 0 Å². The summed E-state index contributed by atoms with van der Waals surface area (Å²) >= 11 is 6.09. The summed E-state index contributed by atoms with van der Waals surface area (Å²) in [7, 11) is -4.48. The molecule has 0 aliphatic carbocycles. The molecule has 0 amide bonds. The molecule has 0 atom stereocenters. The first-order valence-electron chi connectivity index (χ1n) is 9.43. The fourth-order valence-corrected chi connectivity index (χ4v) is 4.51. The van der Waals surface area contributed by atoms with Gasteiger partial charge in [-0.25, -0.2) is 4.98 Å². The number of nitrogens with zero attached hydrogens (tertiary/aromatic N) is 1. The van der Waals surface area contributed by atoms with Crippen LogP contribution in [0.1, 0.15) is 0 Å². The molecule has 7 nitrogen and oxygen atoms in total. The topological polar surface area (TPSA) is 124 Å². The van der Waals surface area contributed by atoms with Gasteiger partial charge in [-0.05, 0) is 41.3 Å². The fourth-order valence-electron chi connectivity index (χ4n) is 3.78.